The molecular weight excluding hydrogens is 418 g/mol. The third-order valence-electron chi connectivity index (χ3n) is 6.28. The molecule has 2 aliphatic heterocycles. The van der Waals surface area contributed by atoms with Gasteiger partial charge in [0.25, 0.3) is 11.8 Å². The van der Waals surface area contributed by atoms with Gasteiger partial charge in [0.05, 0.1) is 11.1 Å². The van der Waals surface area contributed by atoms with Crippen molar-refractivity contribution in [3.05, 3.63) is 64.7 Å². The fourth-order valence-electron chi connectivity index (χ4n) is 4.38. The number of fused-ring (bicyclic) bond motifs is 1. The Balaban J connectivity index is 1.25. The minimum Gasteiger partial charge on any atom is -0.385 e. The summed E-state index contributed by atoms with van der Waals surface area (Å²) in [6.07, 6.45) is 5.82. The van der Waals surface area contributed by atoms with Crippen molar-refractivity contribution in [2.24, 2.45) is 0 Å². The van der Waals surface area contributed by atoms with Crippen molar-refractivity contribution in [2.75, 3.05) is 11.9 Å². The van der Waals surface area contributed by atoms with E-state index in [9.17, 15) is 19.2 Å². The number of nitrogens with zero attached hydrogens (tertiary/aromatic N) is 1. The number of hydrogen-bond donors (Lipinski definition) is 2. The van der Waals surface area contributed by atoms with Gasteiger partial charge in [0.1, 0.15) is 6.04 Å². The highest BCUT2D eigenvalue weighted by atomic mass is 16.2. The van der Waals surface area contributed by atoms with E-state index in [0.29, 0.717) is 11.1 Å². The van der Waals surface area contributed by atoms with E-state index in [-0.39, 0.29) is 18.7 Å². The maximum atomic E-state index is 12.9. The molecule has 2 aromatic rings. The van der Waals surface area contributed by atoms with Crippen molar-refractivity contribution in [3.63, 3.8) is 0 Å². The van der Waals surface area contributed by atoms with Crippen molar-refractivity contribution in [1.82, 2.24) is 10.2 Å². The molecule has 4 amide bonds. The topological polar surface area (TPSA) is 95.6 Å². The van der Waals surface area contributed by atoms with Crippen LogP contribution in [-0.4, -0.2) is 41.1 Å². The van der Waals surface area contributed by atoms with Crippen LogP contribution in [0.1, 0.15) is 70.4 Å². The summed E-state index contributed by atoms with van der Waals surface area (Å²) in [5.74, 6) is -1.94. The predicted molar refractivity (Wildman–Crippen MR) is 125 cm³/mol. The molecule has 2 aliphatic rings. The fraction of sp³-hybridized carbons (Fsp3) is 0.385. The molecule has 0 saturated carbocycles. The van der Waals surface area contributed by atoms with E-state index >= 15 is 0 Å². The summed E-state index contributed by atoms with van der Waals surface area (Å²) < 4.78 is 0. The van der Waals surface area contributed by atoms with Crippen molar-refractivity contribution in [3.8, 4) is 0 Å². The van der Waals surface area contributed by atoms with Crippen LogP contribution >= 0.6 is 0 Å². The molecule has 1 saturated heterocycles. The summed E-state index contributed by atoms with van der Waals surface area (Å²) >= 11 is 0. The van der Waals surface area contributed by atoms with Crippen molar-refractivity contribution >= 4 is 29.3 Å². The number of unbranched alkanes of at least 4 members (excludes halogenated alkanes) is 3. The van der Waals surface area contributed by atoms with Crippen molar-refractivity contribution in [2.45, 2.75) is 57.9 Å². The molecule has 0 spiro atoms. The lowest BCUT2D eigenvalue weighted by atomic mass is 10.0. The van der Waals surface area contributed by atoms with Crippen LogP contribution in [0.5, 0.6) is 0 Å². The molecule has 0 aliphatic carbocycles. The first-order valence-electron chi connectivity index (χ1n) is 11.6. The molecule has 0 bridgehead atoms. The molecule has 1 fully saturated rings. The van der Waals surface area contributed by atoms with Crippen molar-refractivity contribution in [1.29, 1.82) is 0 Å². The number of rotatable bonds is 9. The van der Waals surface area contributed by atoms with E-state index in [1.165, 1.54) is 11.1 Å². The molecule has 1 atom stereocenters. The summed E-state index contributed by atoms with van der Waals surface area (Å²) in [4.78, 5) is 50.2. The maximum absolute atomic E-state index is 12.9. The lowest BCUT2D eigenvalue weighted by Gasteiger charge is -2.27. The number of imide groups is 2. The predicted octanol–water partition coefficient (Wildman–Crippen LogP) is 3.61. The largest absolute Gasteiger partial charge is 0.385 e. The Morgan fingerprint density at radius 2 is 1.64 bits per heavy atom. The monoisotopic (exact) mass is 447 g/mol. The van der Waals surface area contributed by atoms with Crippen LogP contribution < -0.4 is 10.6 Å². The third-order valence-corrected chi connectivity index (χ3v) is 6.28. The van der Waals surface area contributed by atoms with E-state index in [1.54, 1.807) is 18.2 Å². The van der Waals surface area contributed by atoms with E-state index in [0.717, 1.165) is 49.2 Å². The number of anilines is 1. The van der Waals surface area contributed by atoms with Gasteiger partial charge < -0.3 is 5.32 Å². The van der Waals surface area contributed by atoms with Gasteiger partial charge >= 0.3 is 0 Å². The highest BCUT2D eigenvalue weighted by molar-refractivity contribution is 6.23. The minimum atomic E-state index is -0.939. The normalized spacial score (nSPS) is 17.8. The second-order valence-electron chi connectivity index (χ2n) is 8.78. The van der Waals surface area contributed by atoms with E-state index in [1.807, 2.05) is 0 Å². The standard InChI is InChI=1S/C26H29N3O4/c1-17-7-9-18(10-8-17)6-4-2-3-5-15-27-19-11-12-20-21(16-19)26(33)29(25(20)32)22-13-14-23(30)28-24(22)31/h7-12,16,22,27H,2-6,13-15H2,1H3,(H,28,30,31). The second-order valence-corrected chi connectivity index (χ2v) is 8.78. The Morgan fingerprint density at radius 3 is 2.39 bits per heavy atom. The average Bonchev–Trinajstić information content (AvgIpc) is 3.04. The summed E-state index contributed by atoms with van der Waals surface area (Å²) in [7, 11) is 0. The lowest BCUT2D eigenvalue weighted by molar-refractivity contribution is -0.136. The van der Waals surface area contributed by atoms with Crippen LogP contribution in [0.15, 0.2) is 42.5 Å². The molecule has 2 aromatic carbocycles. The van der Waals surface area contributed by atoms with Gasteiger partial charge in [0.15, 0.2) is 0 Å². The molecule has 0 aromatic heterocycles. The van der Waals surface area contributed by atoms with E-state index in [2.05, 4.69) is 41.8 Å². The lowest BCUT2D eigenvalue weighted by Crippen LogP contribution is -2.54. The van der Waals surface area contributed by atoms with Gasteiger partial charge in [-0.3, -0.25) is 29.4 Å². The zero-order chi connectivity index (χ0) is 23.4. The van der Waals surface area contributed by atoms with Crippen LogP contribution in [-0.2, 0) is 16.0 Å². The smallest absolute Gasteiger partial charge is 0.262 e. The van der Waals surface area contributed by atoms with Crippen LogP contribution in [0, 0.1) is 6.92 Å². The van der Waals surface area contributed by atoms with Crippen LogP contribution in [0.25, 0.3) is 0 Å². The highest BCUT2D eigenvalue weighted by Crippen LogP contribution is 2.29. The number of amides is 4. The van der Waals surface area contributed by atoms with E-state index in [4.69, 9.17) is 0 Å². The Bertz CT molecular complexity index is 1080. The van der Waals surface area contributed by atoms with Gasteiger partial charge in [-0.15, -0.1) is 0 Å². The number of aryl methyl sites for hydroxylation is 2. The van der Waals surface area contributed by atoms with Crippen LogP contribution in [0.4, 0.5) is 5.69 Å². The molecule has 2 heterocycles. The quantitative estimate of drug-likeness (QED) is 0.452. The average molecular weight is 448 g/mol. The molecule has 172 valence electrons. The first kappa shape index (κ1) is 22.7. The van der Waals surface area contributed by atoms with Gasteiger partial charge in [-0.05, 0) is 56.4 Å². The van der Waals surface area contributed by atoms with Gasteiger partial charge in [-0.2, -0.15) is 0 Å². The maximum Gasteiger partial charge on any atom is 0.262 e. The molecule has 7 nitrogen and oxygen atoms in total. The molecule has 1 unspecified atom stereocenters. The summed E-state index contributed by atoms with van der Waals surface area (Å²) in [5.41, 5.74) is 4.03. The number of hydrogen-bond acceptors (Lipinski definition) is 5. The Hall–Kier alpha value is -3.48. The summed E-state index contributed by atoms with van der Waals surface area (Å²) in [5, 5.41) is 5.54. The molecular formula is C26H29N3O4. The van der Waals surface area contributed by atoms with Gasteiger partial charge in [-0.25, -0.2) is 0 Å². The van der Waals surface area contributed by atoms with Crippen LogP contribution in [0.2, 0.25) is 0 Å². The fourth-order valence-corrected chi connectivity index (χ4v) is 4.38. The summed E-state index contributed by atoms with van der Waals surface area (Å²) in [6, 6.07) is 12.8. The first-order valence-corrected chi connectivity index (χ1v) is 11.6. The van der Waals surface area contributed by atoms with Gasteiger partial charge in [-0.1, -0.05) is 42.7 Å². The highest BCUT2D eigenvalue weighted by Gasteiger charge is 2.44. The Labute approximate surface area is 193 Å². The number of piperidine rings is 1. The molecule has 33 heavy (non-hydrogen) atoms. The minimum absolute atomic E-state index is 0.113. The molecule has 0 radical (unpaired) electrons. The van der Waals surface area contributed by atoms with Crippen LogP contribution in [0.3, 0.4) is 0 Å². The number of carbonyl (C=O) groups excluding carboxylic acids is 4. The number of carbonyl (C=O) groups is 4. The van der Waals surface area contributed by atoms with E-state index < -0.39 is 23.8 Å². The number of benzene rings is 2. The molecule has 2 N–H and O–H groups in total. The Morgan fingerprint density at radius 1 is 0.909 bits per heavy atom. The van der Waals surface area contributed by atoms with Gasteiger partial charge in [0, 0.05) is 18.7 Å². The molecule has 4 rings (SSSR count). The molecule has 7 heteroatoms. The summed E-state index contributed by atoms with van der Waals surface area (Å²) in [6.45, 7) is 2.88. The van der Waals surface area contributed by atoms with Gasteiger partial charge in [0.2, 0.25) is 11.8 Å². The van der Waals surface area contributed by atoms with Crippen molar-refractivity contribution < 1.29 is 19.2 Å². The third kappa shape index (κ3) is 5.13. The zero-order valence-electron chi connectivity index (χ0n) is 18.9. The zero-order valence-corrected chi connectivity index (χ0v) is 18.9. The second kappa shape index (κ2) is 9.98. The number of nitrogens with one attached hydrogen (secondary N) is 2. The first-order chi connectivity index (χ1) is 15.9. The Kier molecular flexibility index (Phi) is 6.87. The SMILES string of the molecule is Cc1ccc(CCCCCCNc2ccc3c(c2)C(=O)N(C2CCC(=O)NC2=O)C3=O)cc1.